The first-order chi connectivity index (χ1) is 12.4. The van der Waals surface area contributed by atoms with Crippen LogP contribution in [-0.4, -0.2) is 22.9 Å². The van der Waals surface area contributed by atoms with Gasteiger partial charge in [-0.1, -0.05) is 17.7 Å². The number of rotatable bonds is 5. The lowest BCUT2D eigenvalue weighted by atomic mass is 10.1. The van der Waals surface area contributed by atoms with Crippen LogP contribution in [0.4, 0.5) is 13.2 Å². The Morgan fingerprint density at radius 2 is 1.67 bits per heavy atom. The first kappa shape index (κ1) is 20.8. The molecule has 0 fully saturated rings. The maximum absolute atomic E-state index is 13.2. The number of nitrogens with two attached hydrogens (primary N) is 1. The van der Waals surface area contributed by atoms with Gasteiger partial charge in [0.25, 0.3) is 0 Å². The molecule has 2 N–H and O–H groups in total. The van der Waals surface area contributed by atoms with E-state index in [2.05, 4.69) is 5.10 Å². The maximum atomic E-state index is 13.2. The van der Waals surface area contributed by atoms with Gasteiger partial charge in [-0.15, -0.1) is 12.4 Å². The van der Waals surface area contributed by atoms with E-state index in [-0.39, 0.29) is 12.4 Å². The molecule has 0 saturated heterocycles. The summed E-state index contributed by atoms with van der Waals surface area (Å²) in [5.74, 6) is 0.608. The Labute approximate surface area is 161 Å². The number of halogens is 4. The van der Waals surface area contributed by atoms with Gasteiger partial charge in [-0.3, -0.25) is 0 Å². The van der Waals surface area contributed by atoms with Gasteiger partial charge in [0.05, 0.1) is 11.4 Å². The fourth-order valence-electron chi connectivity index (χ4n) is 2.51. The molecule has 0 aliphatic rings. The molecule has 0 spiro atoms. The van der Waals surface area contributed by atoms with Crippen LogP contribution in [0.2, 0.25) is 0 Å². The summed E-state index contributed by atoms with van der Waals surface area (Å²) in [6.45, 7) is 2.67. The number of hydrogen-bond acceptors (Lipinski definition) is 3. The van der Waals surface area contributed by atoms with E-state index in [0.29, 0.717) is 35.8 Å². The van der Waals surface area contributed by atoms with Crippen molar-refractivity contribution >= 4 is 12.4 Å². The lowest BCUT2D eigenvalue weighted by Crippen LogP contribution is -2.10. The average Bonchev–Trinajstić information content (AvgIpc) is 3.07. The topological polar surface area (TPSA) is 53.1 Å². The molecule has 8 heteroatoms. The summed E-state index contributed by atoms with van der Waals surface area (Å²) in [6.07, 6.45) is -4.52. The summed E-state index contributed by atoms with van der Waals surface area (Å²) < 4.78 is 46.2. The van der Waals surface area contributed by atoms with E-state index < -0.39 is 11.9 Å². The summed E-state index contributed by atoms with van der Waals surface area (Å²) in [6, 6.07) is 15.0. The number of nitrogens with zero attached hydrogens (tertiary/aromatic N) is 2. The van der Waals surface area contributed by atoms with Gasteiger partial charge in [0.15, 0.2) is 5.69 Å². The molecule has 4 nitrogen and oxygen atoms in total. The minimum Gasteiger partial charge on any atom is -0.492 e. The van der Waals surface area contributed by atoms with Gasteiger partial charge >= 0.3 is 6.18 Å². The molecule has 2 aromatic carbocycles. The number of aromatic nitrogens is 2. The van der Waals surface area contributed by atoms with Crippen LogP contribution in [0, 0.1) is 6.92 Å². The first-order valence-corrected chi connectivity index (χ1v) is 8.06. The predicted molar refractivity (Wildman–Crippen MR) is 101 cm³/mol. The number of hydrogen-bond donors (Lipinski definition) is 1. The van der Waals surface area contributed by atoms with E-state index in [1.165, 1.54) is 4.68 Å². The molecule has 1 heterocycles. The number of benzene rings is 2. The zero-order chi connectivity index (χ0) is 18.7. The highest BCUT2D eigenvalue weighted by molar-refractivity contribution is 5.85. The quantitative estimate of drug-likeness (QED) is 0.683. The normalized spacial score (nSPS) is 11.1. The summed E-state index contributed by atoms with van der Waals surface area (Å²) >= 11 is 0. The minimum atomic E-state index is -4.52. The van der Waals surface area contributed by atoms with Crippen molar-refractivity contribution < 1.29 is 17.9 Å². The van der Waals surface area contributed by atoms with Gasteiger partial charge in [-0.05, 0) is 49.4 Å². The van der Waals surface area contributed by atoms with Crippen molar-refractivity contribution in [2.75, 3.05) is 13.2 Å². The molecular weight excluding hydrogens is 379 g/mol. The lowest BCUT2D eigenvalue weighted by molar-refractivity contribution is -0.141. The highest BCUT2D eigenvalue weighted by Gasteiger charge is 2.35. The van der Waals surface area contributed by atoms with Crippen molar-refractivity contribution in [3.8, 4) is 22.7 Å². The van der Waals surface area contributed by atoms with Crippen LogP contribution in [-0.2, 0) is 6.18 Å². The largest absolute Gasteiger partial charge is 0.492 e. The molecular formula is C19H19ClF3N3O. The van der Waals surface area contributed by atoms with Crippen LogP contribution >= 0.6 is 12.4 Å². The molecule has 0 bridgehead atoms. The van der Waals surface area contributed by atoms with Gasteiger partial charge < -0.3 is 10.5 Å². The third-order valence-corrected chi connectivity index (χ3v) is 3.81. The van der Waals surface area contributed by atoms with Crippen molar-refractivity contribution in [3.63, 3.8) is 0 Å². The SMILES string of the molecule is Cc1ccc(-n2nc(C(F)(F)F)cc2-c2ccc(OCCN)cc2)cc1.Cl. The number of alkyl halides is 3. The highest BCUT2D eigenvalue weighted by atomic mass is 35.5. The van der Waals surface area contributed by atoms with Crippen molar-refractivity contribution in [1.82, 2.24) is 9.78 Å². The first-order valence-electron chi connectivity index (χ1n) is 8.06. The summed E-state index contributed by atoms with van der Waals surface area (Å²) in [7, 11) is 0. The van der Waals surface area contributed by atoms with Crippen molar-refractivity contribution in [2.24, 2.45) is 5.73 Å². The van der Waals surface area contributed by atoms with E-state index in [4.69, 9.17) is 10.5 Å². The monoisotopic (exact) mass is 397 g/mol. The van der Waals surface area contributed by atoms with Crippen LogP contribution in [0.15, 0.2) is 54.6 Å². The molecule has 3 rings (SSSR count). The van der Waals surface area contributed by atoms with E-state index in [9.17, 15) is 13.2 Å². The van der Waals surface area contributed by atoms with Crippen molar-refractivity contribution in [1.29, 1.82) is 0 Å². The molecule has 0 aliphatic heterocycles. The van der Waals surface area contributed by atoms with Crippen molar-refractivity contribution in [2.45, 2.75) is 13.1 Å². The summed E-state index contributed by atoms with van der Waals surface area (Å²) in [4.78, 5) is 0. The van der Waals surface area contributed by atoms with Gasteiger partial charge in [0, 0.05) is 12.1 Å². The third kappa shape index (κ3) is 4.81. The molecule has 0 aliphatic carbocycles. The Balaban J connectivity index is 0.00000261. The zero-order valence-electron chi connectivity index (χ0n) is 14.5. The fraction of sp³-hybridized carbons (Fsp3) is 0.211. The highest BCUT2D eigenvalue weighted by Crippen LogP contribution is 2.33. The lowest BCUT2D eigenvalue weighted by Gasteiger charge is -2.09. The standard InChI is InChI=1S/C19H18F3N3O.ClH/c1-13-2-6-15(7-3-13)25-17(12-18(24-25)19(20,21)22)14-4-8-16(9-5-14)26-11-10-23;/h2-9,12H,10-11,23H2,1H3;1H. The second-order valence-electron chi connectivity index (χ2n) is 5.82. The molecule has 27 heavy (non-hydrogen) atoms. The van der Waals surface area contributed by atoms with E-state index >= 15 is 0 Å². The van der Waals surface area contributed by atoms with Crippen molar-refractivity contribution in [3.05, 3.63) is 65.9 Å². The second kappa shape index (κ2) is 8.45. The molecule has 0 radical (unpaired) electrons. The Morgan fingerprint density at radius 1 is 1.04 bits per heavy atom. The third-order valence-electron chi connectivity index (χ3n) is 3.81. The zero-order valence-corrected chi connectivity index (χ0v) is 15.3. The Hall–Kier alpha value is -2.51. The Morgan fingerprint density at radius 3 is 2.22 bits per heavy atom. The Bertz CT molecular complexity index is 875. The molecule has 3 aromatic rings. The van der Waals surface area contributed by atoms with Gasteiger partial charge in [-0.2, -0.15) is 18.3 Å². The number of ether oxygens (including phenoxy) is 1. The smallest absolute Gasteiger partial charge is 0.435 e. The molecule has 0 saturated carbocycles. The predicted octanol–water partition coefficient (Wildman–Crippen LogP) is 4.63. The van der Waals surface area contributed by atoms with Crippen LogP contribution < -0.4 is 10.5 Å². The molecule has 144 valence electrons. The van der Waals surface area contributed by atoms with Crippen LogP contribution in [0.5, 0.6) is 5.75 Å². The minimum absolute atomic E-state index is 0. The van der Waals surface area contributed by atoms with Gasteiger partial charge in [0.2, 0.25) is 0 Å². The molecule has 0 unspecified atom stereocenters. The molecule has 0 atom stereocenters. The van der Waals surface area contributed by atoms with E-state index in [1.807, 2.05) is 19.1 Å². The van der Waals surface area contributed by atoms with Gasteiger partial charge in [0.1, 0.15) is 12.4 Å². The van der Waals surface area contributed by atoms with Crippen LogP contribution in [0.3, 0.4) is 0 Å². The molecule has 0 amide bonds. The Kier molecular flexibility index (Phi) is 6.51. The van der Waals surface area contributed by atoms with Gasteiger partial charge in [-0.25, -0.2) is 4.68 Å². The van der Waals surface area contributed by atoms with Crippen LogP contribution in [0.1, 0.15) is 11.3 Å². The van der Waals surface area contributed by atoms with E-state index in [1.54, 1.807) is 36.4 Å². The average molecular weight is 398 g/mol. The van der Waals surface area contributed by atoms with E-state index in [0.717, 1.165) is 11.6 Å². The summed E-state index contributed by atoms with van der Waals surface area (Å²) in [5, 5.41) is 3.77. The van der Waals surface area contributed by atoms with Crippen LogP contribution in [0.25, 0.3) is 16.9 Å². The molecule has 1 aromatic heterocycles. The number of aryl methyl sites for hydroxylation is 1. The summed E-state index contributed by atoms with van der Waals surface area (Å²) in [5.41, 5.74) is 6.99. The second-order valence-corrected chi connectivity index (χ2v) is 5.82. The maximum Gasteiger partial charge on any atom is 0.435 e. The fourth-order valence-corrected chi connectivity index (χ4v) is 2.51.